The Labute approximate surface area is 178 Å². The van der Waals surface area contributed by atoms with Crippen LogP contribution in [0, 0.1) is 0 Å². The summed E-state index contributed by atoms with van der Waals surface area (Å²) in [6.07, 6.45) is 2.52. The van der Waals surface area contributed by atoms with Crippen LogP contribution in [0.4, 0.5) is 5.69 Å². The normalized spacial score (nSPS) is 10.9. The van der Waals surface area contributed by atoms with E-state index in [9.17, 15) is 14.4 Å². The average Bonchev–Trinajstić information content (AvgIpc) is 3.22. The topological polar surface area (TPSA) is 90.3 Å². The number of rotatable bonds is 5. The summed E-state index contributed by atoms with van der Waals surface area (Å²) in [6.45, 7) is 1.48. The molecule has 3 aromatic carbocycles. The first-order valence-corrected chi connectivity index (χ1v) is 9.85. The fraction of sp³-hybridized carbons (Fsp3) is 0.167. The van der Waals surface area contributed by atoms with Crippen molar-refractivity contribution in [2.24, 2.45) is 0 Å². The number of fused-ring (bicyclic) bond motifs is 3. The molecule has 156 valence electrons. The van der Waals surface area contributed by atoms with Crippen molar-refractivity contribution in [3.8, 4) is 0 Å². The second kappa shape index (κ2) is 8.39. The molecule has 0 atom stereocenters. The van der Waals surface area contributed by atoms with Crippen molar-refractivity contribution in [3.63, 3.8) is 0 Å². The van der Waals surface area contributed by atoms with Crippen molar-refractivity contribution in [3.05, 3.63) is 71.9 Å². The molecule has 31 heavy (non-hydrogen) atoms. The smallest absolute Gasteiger partial charge is 0.339 e. The number of aromatic nitrogens is 2. The highest BCUT2D eigenvalue weighted by atomic mass is 16.5. The molecule has 1 amide bonds. The van der Waals surface area contributed by atoms with Crippen molar-refractivity contribution in [2.45, 2.75) is 19.8 Å². The molecule has 1 aromatic heterocycles. The van der Waals surface area contributed by atoms with Crippen LogP contribution in [-0.2, 0) is 16.0 Å². The van der Waals surface area contributed by atoms with Gasteiger partial charge in [0.1, 0.15) is 0 Å². The number of carbonyl (C=O) groups is 3. The summed E-state index contributed by atoms with van der Waals surface area (Å²) >= 11 is 0. The molecule has 4 aromatic rings. The van der Waals surface area contributed by atoms with Gasteiger partial charge in [-0.25, -0.2) is 9.48 Å². The molecule has 7 heteroatoms. The number of para-hydroxylation sites is 1. The molecule has 0 aliphatic carbocycles. The number of benzene rings is 3. The van der Waals surface area contributed by atoms with Crippen LogP contribution in [0.15, 0.2) is 60.8 Å². The first kappa shape index (κ1) is 20.3. The van der Waals surface area contributed by atoms with Crippen LogP contribution in [-0.4, -0.2) is 34.7 Å². The largest absolute Gasteiger partial charge is 0.465 e. The van der Waals surface area contributed by atoms with E-state index in [1.165, 1.54) is 18.7 Å². The van der Waals surface area contributed by atoms with Crippen LogP contribution in [0.3, 0.4) is 0 Å². The van der Waals surface area contributed by atoms with Gasteiger partial charge < -0.3 is 10.1 Å². The Bertz CT molecular complexity index is 1320. The van der Waals surface area contributed by atoms with Crippen LogP contribution in [0.2, 0.25) is 0 Å². The highest BCUT2D eigenvalue weighted by Crippen LogP contribution is 2.26. The van der Waals surface area contributed by atoms with E-state index in [1.54, 1.807) is 30.5 Å². The summed E-state index contributed by atoms with van der Waals surface area (Å²) in [5.41, 5.74) is 2.54. The molecule has 0 spiro atoms. The van der Waals surface area contributed by atoms with Gasteiger partial charge in [0.05, 0.1) is 30.1 Å². The molecule has 1 N–H and O–H groups in total. The van der Waals surface area contributed by atoms with Gasteiger partial charge in [-0.05, 0) is 41.0 Å². The molecule has 0 aliphatic heterocycles. The number of aryl methyl sites for hydroxylation is 1. The maximum Gasteiger partial charge on any atom is 0.339 e. The van der Waals surface area contributed by atoms with Gasteiger partial charge in [0.15, 0.2) is 0 Å². The second-order valence-electron chi connectivity index (χ2n) is 7.21. The molecule has 0 radical (unpaired) electrons. The lowest BCUT2D eigenvalue weighted by atomic mass is 10.0. The van der Waals surface area contributed by atoms with E-state index < -0.39 is 5.97 Å². The fourth-order valence-electron chi connectivity index (χ4n) is 3.65. The minimum Gasteiger partial charge on any atom is -0.465 e. The van der Waals surface area contributed by atoms with E-state index in [4.69, 9.17) is 4.74 Å². The van der Waals surface area contributed by atoms with Gasteiger partial charge in [-0.2, -0.15) is 5.10 Å². The molecule has 0 aliphatic rings. The Morgan fingerprint density at radius 2 is 1.84 bits per heavy atom. The lowest BCUT2D eigenvalue weighted by Gasteiger charge is -2.10. The predicted molar refractivity (Wildman–Crippen MR) is 118 cm³/mol. The summed E-state index contributed by atoms with van der Waals surface area (Å²) < 4.78 is 6.15. The Morgan fingerprint density at radius 1 is 1.03 bits per heavy atom. The Kier molecular flexibility index (Phi) is 5.49. The lowest BCUT2D eigenvalue weighted by molar-refractivity contribution is -0.116. The number of ether oxygens (including phenoxy) is 1. The standard InChI is InChI=1S/C24H21N3O4/c1-15(28)27-22-11-9-17-13-16(7-10-18(17)20(22)14-25-27)8-12-23(29)26-21-6-4-3-5-19(21)24(30)31-2/h3-7,9-11,13-14H,8,12H2,1-2H3,(H,26,29). The van der Waals surface area contributed by atoms with Crippen LogP contribution in [0.1, 0.15) is 34.1 Å². The van der Waals surface area contributed by atoms with Crippen LogP contribution in [0.25, 0.3) is 21.7 Å². The molecule has 0 fully saturated rings. The van der Waals surface area contributed by atoms with Crippen molar-refractivity contribution in [2.75, 3.05) is 12.4 Å². The minimum absolute atomic E-state index is 0.134. The first-order chi connectivity index (χ1) is 15.0. The first-order valence-electron chi connectivity index (χ1n) is 9.85. The van der Waals surface area contributed by atoms with Crippen molar-refractivity contribution < 1.29 is 19.1 Å². The minimum atomic E-state index is -0.496. The maximum atomic E-state index is 12.4. The van der Waals surface area contributed by atoms with Gasteiger partial charge in [0.2, 0.25) is 11.8 Å². The van der Waals surface area contributed by atoms with Gasteiger partial charge in [0, 0.05) is 18.7 Å². The Hall–Kier alpha value is -4.00. The van der Waals surface area contributed by atoms with Crippen LogP contribution in [0.5, 0.6) is 0 Å². The van der Waals surface area contributed by atoms with Crippen LogP contribution >= 0.6 is 0 Å². The third kappa shape index (κ3) is 4.02. The van der Waals surface area contributed by atoms with E-state index in [1.807, 2.05) is 30.3 Å². The summed E-state index contributed by atoms with van der Waals surface area (Å²) in [5, 5.41) is 9.90. The summed E-state index contributed by atoms with van der Waals surface area (Å²) in [7, 11) is 1.31. The van der Waals surface area contributed by atoms with Gasteiger partial charge in [-0.3, -0.25) is 9.59 Å². The predicted octanol–water partition coefficient (Wildman–Crippen LogP) is 4.21. The van der Waals surface area contributed by atoms with Crippen molar-refractivity contribution in [1.82, 2.24) is 9.78 Å². The number of nitrogens with zero attached hydrogens (tertiary/aromatic N) is 2. The molecular weight excluding hydrogens is 394 g/mol. The maximum absolute atomic E-state index is 12.4. The van der Waals surface area contributed by atoms with Crippen LogP contribution < -0.4 is 5.32 Å². The highest BCUT2D eigenvalue weighted by Gasteiger charge is 2.14. The zero-order valence-electron chi connectivity index (χ0n) is 17.2. The molecule has 0 saturated heterocycles. The van der Waals surface area contributed by atoms with Gasteiger partial charge in [0.25, 0.3) is 0 Å². The number of hydrogen-bond donors (Lipinski definition) is 1. The fourth-order valence-corrected chi connectivity index (χ4v) is 3.65. The average molecular weight is 415 g/mol. The number of amides is 1. The van der Waals surface area contributed by atoms with Crippen molar-refractivity contribution >= 4 is 45.1 Å². The highest BCUT2D eigenvalue weighted by molar-refractivity contribution is 6.08. The Morgan fingerprint density at radius 3 is 2.61 bits per heavy atom. The SMILES string of the molecule is COC(=O)c1ccccc1NC(=O)CCc1ccc2c(ccc3c2cnn3C(C)=O)c1. The summed E-state index contributed by atoms with van der Waals surface area (Å²) in [5.74, 6) is -0.815. The lowest BCUT2D eigenvalue weighted by Crippen LogP contribution is -2.15. The second-order valence-corrected chi connectivity index (χ2v) is 7.21. The zero-order chi connectivity index (χ0) is 22.0. The van der Waals surface area contributed by atoms with Crippen molar-refractivity contribution in [1.29, 1.82) is 0 Å². The molecule has 1 heterocycles. The molecule has 0 bridgehead atoms. The number of anilines is 1. The summed E-state index contributed by atoms with van der Waals surface area (Å²) in [6, 6.07) is 16.6. The van der Waals surface area contributed by atoms with E-state index >= 15 is 0 Å². The molecule has 0 saturated carbocycles. The van der Waals surface area contributed by atoms with Gasteiger partial charge in [-0.15, -0.1) is 0 Å². The quantitative estimate of drug-likeness (QED) is 0.493. The van der Waals surface area contributed by atoms with E-state index in [0.717, 1.165) is 27.2 Å². The van der Waals surface area contributed by atoms with Gasteiger partial charge in [-0.1, -0.05) is 36.4 Å². The molecule has 7 nitrogen and oxygen atoms in total. The van der Waals surface area contributed by atoms with E-state index in [0.29, 0.717) is 17.7 Å². The van der Waals surface area contributed by atoms with Gasteiger partial charge >= 0.3 is 5.97 Å². The molecular formula is C24H21N3O4. The third-order valence-corrected chi connectivity index (χ3v) is 5.18. The monoisotopic (exact) mass is 415 g/mol. The zero-order valence-corrected chi connectivity index (χ0v) is 17.2. The number of nitrogens with one attached hydrogen (secondary N) is 1. The Balaban J connectivity index is 1.49. The number of methoxy groups -OCH3 is 1. The van der Waals surface area contributed by atoms with E-state index in [2.05, 4.69) is 10.4 Å². The molecule has 0 unspecified atom stereocenters. The van der Waals surface area contributed by atoms with E-state index in [-0.39, 0.29) is 18.2 Å². The number of hydrogen-bond acceptors (Lipinski definition) is 5. The molecule has 4 rings (SSSR count). The number of esters is 1. The number of carbonyl (C=O) groups excluding carboxylic acids is 3. The third-order valence-electron chi connectivity index (χ3n) is 5.18. The summed E-state index contributed by atoms with van der Waals surface area (Å²) in [4.78, 5) is 36.0.